The van der Waals surface area contributed by atoms with Crippen LogP contribution in [-0.4, -0.2) is 15.8 Å². The summed E-state index contributed by atoms with van der Waals surface area (Å²) in [6.45, 7) is 18.9. The standard InChI is InChI=1S/C90H75BN4/c1-88(2,3)62-34-24-32-60(52-62)69-42-26-40-67(58-28-12-10-13-29-58)86(69)94-81-56-65(92-77-44-20-16-36-71(77)72-37-17-21-45-78(72)92)48-50-75(81)91-76-51-49-66(93-79-46-22-18-38-73(79)74-39-19-23-47-80(74)93)57-82(76)95(84-55-64(90(7,8)9)54-83(94)85(84)91)87-68(59-30-14-11-15-31-59)41-27-43-70(87)61-33-25-35-63(53-61)89(4,5)6/h10-57H,1-9H3/i16D,17D,18D,19D,20D,21D,22D,23D,36D,37D,38D,39D,44D,45D,46D,47D. The van der Waals surface area contributed by atoms with Crippen molar-refractivity contribution in [3.8, 4) is 55.9 Å². The summed E-state index contributed by atoms with van der Waals surface area (Å²) in [7, 11) is 0. The molecule has 0 spiro atoms. The highest BCUT2D eigenvalue weighted by Crippen LogP contribution is 2.55. The number of nitrogens with zero attached hydrogens (tertiary/aromatic N) is 4. The number of aromatic nitrogens is 2. The van der Waals surface area contributed by atoms with Gasteiger partial charge in [0.25, 0.3) is 6.71 Å². The van der Waals surface area contributed by atoms with Crippen LogP contribution in [0.4, 0.5) is 34.1 Å². The molecule has 0 bridgehead atoms. The van der Waals surface area contributed by atoms with E-state index in [2.05, 4.69) is 193 Å². The molecular weight excluding hydrogens is 1150 g/mol. The summed E-state index contributed by atoms with van der Waals surface area (Å²) < 4.78 is 154. The van der Waals surface area contributed by atoms with E-state index in [-0.39, 0.29) is 54.4 Å². The Morgan fingerprint density at radius 1 is 0.295 bits per heavy atom. The summed E-state index contributed by atoms with van der Waals surface area (Å²) >= 11 is 0. The fourth-order valence-corrected chi connectivity index (χ4v) is 14.6. The molecule has 0 saturated carbocycles. The first-order chi connectivity index (χ1) is 52.7. The molecule has 0 fully saturated rings. The fourth-order valence-electron chi connectivity index (χ4n) is 14.6. The van der Waals surface area contributed by atoms with Crippen molar-refractivity contribution in [1.29, 1.82) is 0 Å². The van der Waals surface area contributed by atoms with Crippen LogP contribution in [0.5, 0.6) is 0 Å². The number of anilines is 6. The van der Waals surface area contributed by atoms with Crippen molar-refractivity contribution in [2.45, 2.75) is 78.6 Å². The molecule has 0 radical (unpaired) electrons. The Labute approximate surface area is 581 Å². The van der Waals surface area contributed by atoms with E-state index in [0.717, 1.165) is 100 Å². The van der Waals surface area contributed by atoms with E-state index in [4.69, 9.17) is 5.48 Å². The zero-order chi connectivity index (χ0) is 78.6. The van der Waals surface area contributed by atoms with Gasteiger partial charge in [0.15, 0.2) is 0 Å². The van der Waals surface area contributed by atoms with Gasteiger partial charge >= 0.3 is 0 Å². The Bertz CT molecular complexity index is 6030. The Hall–Kier alpha value is -10.9. The smallest absolute Gasteiger partial charge is 0.252 e. The lowest BCUT2D eigenvalue weighted by molar-refractivity contribution is 0.590. The zero-order valence-corrected chi connectivity index (χ0v) is 54.3. The average molecular weight is 1240 g/mol. The third-order valence-corrected chi connectivity index (χ3v) is 19.3. The highest BCUT2D eigenvalue weighted by Gasteiger charge is 2.46. The third kappa shape index (κ3) is 9.41. The maximum atomic E-state index is 9.81. The number of hydrogen-bond acceptors (Lipinski definition) is 2. The molecule has 2 aromatic heterocycles. The summed E-state index contributed by atoms with van der Waals surface area (Å²) in [5.41, 5.74) is 16.1. The molecule has 458 valence electrons. The third-order valence-electron chi connectivity index (χ3n) is 19.3. The highest BCUT2D eigenvalue weighted by atomic mass is 15.2. The van der Waals surface area contributed by atoms with Gasteiger partial charge in [-0.05, 0) is 132 Å². The van der Waals surface area contributed by atoms with E-state index in [1.165, 1.54) is 0 Å². The van der Waals surface area contributed by atoms with Crippen molar-refractivity contribution in [3.63, 3.8) is 0 Å². The van der Waals surface area contributed by atoms with Crippen molar-refractivity contribution in [2.24, 2.45) is 0 Å². The molecule has 0 amide bonds. The van der Waals surface area contributed by atoms with Crippen molar-refractivity contribution >= 4 is 101 Å². The lowest BCUT2D eigenvalue weighted by Gasteiger charge is -2.46. The van der Waals surface area contributed by atoms with Crippen molar-refractivity contribution < 1.29 is 21.9 Å². The predicted octanol–water partition coefficient (Wildman–Crippen LogP) is 22.5. The van der Waals surface area contributed by atoms with Crippen LogP contribution in [-0.2, 0) is 16.2 Å². The summed E-state index contributed by atoms with van der Waals surface area (Å²) in [4.78, 5) is 4.66. The fraction of sp³-hybridized carbons (Fsp3) is 0.133. The zero-order valence-electron chi connectivity index (χ0n) is 70.3. The van der Waals surface area contributed by atoms with Gasteiger partial charge in [-0.25, -0.2) is 0 Å². The summed E-state index contributed by atoms with van der Waals surface area (Å²) in [6.07, 6.45) is 0. The largest absolute Gasteiger partial charge is 0.310 e. The van der Waals surface area contributed by atoms with Crippen molar-refractivity contribution in [2.75, 3.05) is 9.80 Å². The summed E-state index contributed by atoms with van der Waals surface area (Å²) in [6, 6.07) is 58.5. The molecule has 17 rings (SSSR count). The average Bonchev–Trinajstić information content (AvgIpc) is 1.54. The predicted molar refractivity (Wildman–Crippen MR) is 407 cm³/mol. The molecule has 5 heteroatoms. The maximum absolute atomic E-state index is 9.81. The van der Waals surface area contributed by atoms with Crippen LogP contribution in [0.15, 0.2) is 291 Å². The number of fused-ring (bicyclic) bond motifs is 10. The van der Waals surface area contributed by atoms with E-state index in [9.17, 15) is 16.4 Å². The lowest BCUT2D eigenvalue weighted by atomic mass is 9.33. The minimum absolute atomic E-state index is 0.0423. The van der Waals surface area contributed by atoms with Crippen LogP contribution in [0.2, 0.25) is 0 Å². The van der Waals surface area contributed by atoms with Crippen LogP contribution in [0, 0.1) is 0 Å². The monoisotopic (exact) mass is 1240 g/mol. The second-order valence-corrected chi connectivity index (χ2v) is 28.1. The second kappa shape index (κ2) is 21.9. The Balaban J connectivity index is 1.10. The van der Waals surface area contributed by atoms with Gasteiger partial charge in [-0.1, -0.05) is 293 Å². The van der Waals surface area contributed by atoms with Gasteiger partial charge in [0.1, 0.15) is 0 Å². The molecule has 4 heterocycles. The topological polar surface area (TPSA) is 16.3 Å². The highest BCUT2D eigenvalue weighted by molar-refractivity contribution is 7.00. The molecule has 15 aromatic rings. The van der Waals surface area contributed by atoms with E-state index in [1.807, 2.05) is 72.8 Å². The van der Waals surface area contributed by atoms with Gasteiger partial charge in [0, 0.05) is 77.9 Å². The molecule has 95 heavy (non-hydrogen) atoms. The van der Waals surface area contributed by atoms with Gasteiger partial charge in [0.2, 0.25) is 0 Å². The molecule has 13 aromatic carbocycles. The number of benzene rings is 13. The van der Waals surface area contributed by atoms with Crippen LogP contribution in [0.25, 0.3) is 99.5 Å². The van der Waals surface area contributed by atoms with Crippen LogP contribution >= 0.6 is 0 Å². The molecular formula is C90H75BN4. The first-order valence-electron chi connectivity index (χ1n) is 40.4. The van der Waals surface area contributed by atoms with E-state index in [0.29, 0.717) is 22.7 Å². The van der Waals surface area contributed by atoms with E-state index >= 15 is 0 Å². The molecule has 0 atom stereocenters. The van der Waals surface area contributed by atoms with Gasteiger partial charge < -0.3 is 18.9 Å². The molecule has 0 N–H and O–H groups in total. The minimum atomic E-state index is -0.738. The molecule has 2 aliphatic rings. The SMILES string of the molecule is [2H]c1c([2H])c([2H])c2c(c1[2H])c1c([2H])c([2H])c([2H])c([2H])c1n2-c1ccc2c(c1)N(c1c(-c3ccccc3)cccc1-c1cccc(C(C)(C)C)c1)c1cc(C(C)(C)C)cc3c1B2c1ccc(-n2c4c([2H])c([2H])c([2H])c([2H])c4c4c([2H])c([2H])c([2H])c([2H])c42)cc1N3c1c(-c2ccccc2)cccc1-c1cccc(C(C)(C)C)c1. The van der Waals surface area contributed by atoms with E-state index < -0.39 is 109 Å². The Kier molecular flexibility index (Phi) is 9.92. The van der Waals surface area contributed by atoms with Gasteiger partial charge in [0.05, 0.1) is 55.4 Å². The minimum Gasteiger partial charge on any atom is -0.310 e. The first-order valence-corrected chi connectivity index (χ1v) is 32.4. The number of hydrogen-bond donors (Lipinski definition) is 0. The number of para-hydroxylation sites is 6. The van der Waals surface area contributed by atoms with Crippen molar-refractivity contribution in [1.82, 2.24) is 9.13 Å². The summed E-state index contributed by atoms with van der Waals surface area (Å²) in [5, 5.41) is -0.261. The van der Waals surface area contributed by atoms with Gasteiger partial charge in [-0.3, -0.25) is 0 Å². The Morgan fingerprint density at radius 2 is 0.621 bits per heavy atom. The quantitative estimate of drug-likeness (QED) is 0.141. The molecule has 0 saturated heterocycles. The van der Waals surface area contributed by atoms with Crippen LogP contribution in [0.1, 0.15) is 101 Å². The normalized spacial score (nSPS) is 15.4. The van der Waals surface area contributed by atoms with Crippen LogP contribution < -0.4 is 26.2 Å². The lowest BCUT2D eigenvalue weighted by Crippen LogP contribution is -2.61. The van der Waals surface area contributed by atoms with E-state index in [1.54, 1.807) is 9.13 Å². The maximum Gasteiger partial charge on any atom is 0.252 e. The van der Waals surface area contributed by atoms with Gasteiger partial charge in [-0.15, -0.1) is 0 Å². The first kappa shape index (κ1) is 43.1. The van der Waals surface area contributed by atoms with Crippen LogP contribution in [0.3, 0.4) is 0 Å². The van der Waals surface area contributed by atoms with Gasteiger partial charge in [-0.2, -0.15) is 0 Å². The Morgan fingerprint density at radius 3 is 0.979 bits per heavy atom. The van der Waals surface area contributed by atoms with Crippen molar-refractivity contribution in [3.05, 3.63) is 307 Å². The molecule has 0 aliphatic carbocycles. The molecule has 0 unspecified atom stereocenters. The summed E-state index contributed by atoms with van der Waals surface area (Å²) in [5.74, 6) is 0. The number of rotatable bonds is 8. The molecule has 2 aliphatic heterocycles. The second-order valence-electron chi connectivity index (χ2n) is 28.1. The molecule has 4 nitrogen and oxygen atoms in total.